The summed E-state index contributed by atoms with van der Waals surface area (Å²) in [5.41, 5.74) is 9.03. The van der Waals surface area contributed by atoms with Gasteiger partial charge in [-0.05, 0) is 71.9 Å². The van der Waals surface area contributed by atoms with Crippen molar-refractivity contribution in [3.63, 3.8) is 0 Å². The van der Waals surface area contributed by atoms with Gasteiger partial charge in [0.1, 0.15) is 5.75 Å². The Morgan fingerprint density at radius 3 is 2.64 bits per heavy atom. The van der Waals surface area contributed by atoms with Crippen molar-refractivity contribution in [1.82, 2.24) is 0 Å². The Kier molecular flexibility index (Phi) is 3.96. The molecule has 0 amide bonds. The van der Waals surface area contributed by atoms with Gasteiger partial charge in [-0.25, -0.2) is 0 Å². The summed E-state index contributed by atoms with van der Waals surface area (Å²) in [6, 6.07) is 1.79. The van der Waals surface area contributed by atoms with E-state index in [1.54, 1.807) is 6.07 Å². The Morgan fingerprint density at radius 2 is 2.07 bits per heavy atom. The first-order valence-corrected chi connectivity index (χ1v) is 5.54. The molecule has 3 heteroatoms. The molecule has 1 rings (SSSR count). The third-order valence-corrected chi connectivity index (χ3v) is 3.47. The van der Waals surface area contributed by atoms with E-state index in [-0.39, 0.29) is 0 Å². The summed E-state index contributed by atoms with van der Waals surface area (Å²) in [6.45, 7) is 4.74. The van der Waals surface area contributed by atoms with Crippen molar-refractivity contribution in [2.75, 3.05) is 6.54 Å². The van der Waals surface area contributed by atoms with Crippen LogP contribution in [-0.2, 0) is 6.42 Å². The normalized spacial score (nSPS) is 10.6. The van der Waals surface area contributed by atoms with E-state index in [1.165, 1.54) is 5.56 Å². The predicted octanol–water partition coefficient (Wildman–Crippen LogP) is 2.66. The van der Waals surface area contributed by atoms with Crippen molar-refractivity contribution in [3.8, 4) is 5.75 Å². The zero-order valence-electron chi connectivity index (χ0n) is 8.60. The van der Waals surface area contributed by atoms with Gasteiger partial charge in [0.15, 0.2) is 0 Å². The molecule has 0 unspecified atom stereocenters. The number of hydrogen-bond donors (Lipinski definition) is 2. The second-order valence-corrected chi connectivity index (χ2v) is 4.32. The monoisotopic (exact) mass is 257 g/mol. The molecule has 14 heavy (non-hydrogen) atoms. The van der Waals surface area contributed by atoms with Gasteiger partial charge in [-0.3, -0.25) is 0 Å². The highest BCUT2D eigenvalue weighted by molar-refractivity contribution is 9.10. The van der Waals surface area contributed by atoms with Crippen LogP contribution in [0, 0.1) is 13.8 Å². The number of rotatable bonds is 3. The number of benzene rings is 1. The molecule has 0 radical (unpaired) electrons. The van der Waals surface area contributed by atoms with Gasteiger partial charge in [-0.2, -0.15) is 0 Å². The lowest BCUT2D eigenvalue weighted by Gasteiger charge is -2.12. The quantitative estimate of drug-likeness (QED) is 0.875. The van der Waals surface area contributed by atoms with Gasteiger partial charge >= 0.3 is 0 Å². The molecule has 1 aromatic rings. The molecule has 0 fully saturated rings. The van der Waals surface area contributed by atoms with E-state index in [9.17, 15) is 5.11 Å². The lowest BCUT2D eigenvalue weighted by molar-refractivity contribution is 0.470. The lowest BCUT2D eigenvalue weighted by Crippen LogP contribution is -2.03. The molecule has 0 heterocycles. The molecule has 2 nitrogen and oxygen atoms in total. The van der Waals surface area contributed by atoms with Crippen LogP contribution in [0.25, 0.3) is 0 Å². The van der Waals surface area contributed by atoms with E-state index in [2.05, 4.69) is 15.9 Å². The predicted molar refractivity (Wildman–Crippen MR) is 62.7 cm³/mol. The standard InChI is InChI=1S/C11H16BrNO/c1-7-6-10(14)11(12)8(2)9(7)4-3-5-13/h6,14H,3-5,13H2,1-2H3. The third-order valence-electron chi connectivity index (χ3n) is 2.47. The smallest absolute Gasteiger partial charge is 0.130 e. The van der Waals surface area contributed by atoms with Crippen LogP contribution >= 0.6 is 15.9 Å². The Balaban J connectivity index is 3.09. The SMILES string of the molecule is Cc1cc(O)c(Br)c(C)c1CCCN. The molecule has 0 atom stereocenters. The number of aryl methyl sites for hydroxylation is 1. The Morgan fingerprint density at radius 1 is 1.43 bits per heavy atom. The van der Waals surface area contributed by atoms with Gasteiger partial charge in [0.05, 0.1) is 4.47 Å². The van der Waals surface area contributed by atoms with Gasteiger partial charge < -0.3 is 10.8 Å². The fraction of sp³-hybridized carbons (Fsp3) is 0.455. The number of hydrogen-bond acceptors (Lipinski definition) is 2. The largest absolute Gasteiger partial charge is 0.507 e. The summed E-state index contributed by atoms with van der Waals surface area (Å²) < 4.78 is 0.801. The van der Waals surface area contributed by atoms with E-state index in [4.69, 9.17) is 5.73 Å². The van der Waals surface area contributed by atoms with Crippen molar-refractivity contribution in [3.05, 3.63) is 27.2 Å². The average molecular weight is 258 g/mol. The number of halogens is 1. The van der Waals surface area contributed by atoms with Crippen LogP contribution < -0.4 is 5.73 Å². The van der Waals surface area contributed by atoms with Crippen molar-refractivity contribution in [2.24, 2.45) is 5.73 Å². The highest BCUT2D eigenvalue weighted by Crippen LogP contribution is 2.32. The molecule has 0 saturated carbocycles. The Hall–Kier alpha value is -0.540. The summed E-state index contributed by atoms with van der Waals surface area (Å²) in [5, 5.41) is 9.56. The Bertz CT molecular complexity index is 337. The van der Waals surface area contributed by atoms with Gasteiger partial charge in [0.2, 0.25) is 0 Å². The minimum atomic E-state index is 0.316. The highest BCUT2D eigenvalue weighted by Gasteiger charge is 2.09. The van der Waals surface area contributed by atoms with Crippen LogP contribution in [0.3, 0.4) is 0 Å². The summed E-state index contributed by atoms with van der Waals surface area (Å²) in [5.74, 6) is 0.316. The molecule has 1 aromatic carbocycles. The van der Waals surface area contributed by atoms with Crippen LogP contribution in [0.15, 0.2) is 10.5 Å². The fourth-order valence-corrected chi connectivity index (χ4v) is 1.99. The van der Waals surface area contributed by atoms with E-state index in [0.717, 1.165) is 28.4 Å². The second kappa shape index (κ2) is 4.80. The summed E-state index contributed by atoms with van der Waals surface area (Å²) in [6.07, 6.45) is 1.96. The maximum atomic E-state index is 9.56. The number of aromatic hydroxyl groups is 1. The molecule has 0 saturated heterocycles. The summed E-state index contributed by atoms with van der Waals surface area (Å²) in [7, 11) is 0. The first-order valence-electron chi connectivity index (χ1n) is 4.75. The molecule has 0 aliphatic carbocycles. The van der Waals surface area contributed by atoms with Crippen LogP contribution in [0.5, 0.6) is 5.75 Å². The minimum Gasteiger partial charge on any atom is -0.507 e. The maximum Gasteiger partial charge on any atom is 0.130 e. The average Bonchev–Trinajstić information content (AvgIpc) is 2.14. The van der Waals surface area contributed by atoms with Gasteiger partial charge in [0, 0.05) is 0 Å². The van der Waals surface area contributed by atoms with Gasteiger partial charge in [-0.1, -0.05) is 0 Å². The van der Waals surface area contributed by atoms with Crippen molar-refractivity contribution < 1.29 is 5.11 Å². The summed E-state index contributed by atoms with van der Waals surface area (Å²) >= 11 is 3.37. The number of phenols is 1. The lowest BCUT2D eigenvalue weighted by atomic mass is 9.98. The number of nitrogens with two attached hydrogens (primary N) is 1. The molecular weight excluding hydrogens is 242 g/mol. The molecule has 0 aromatic heterocycles. The minimum absolute atomic E-state index is 0.316. The zero-order valence-corrected chi connectivity index (χ0v) is 10.2. The molecular formula is C11H16BrNO. The Labute approximate surface area is 93.3 Å². The van der Waals surface area contributed by atoms with Crippen molar-refractivity contribution in [2.45, 2.75) is 26.7 Å². The maximum absolute atomic E-state index is 9.56. The van der Waals surface area contributed by atoms with E-state index in [1.807, 2.05) is 13.8 Å². The van der Waals surface area contributed by atoms with Crippen LogP contribution in [0.2, 0.25) is 0 Å². The third kappa shape index (κ3) is 2.28. The van der Waals surface area contributed by atoms with Gasteiger partial charge in [0.25, 0.3) is 0 Å². The van der Waals surface area contributed by atoms with Crippen LogP contribution in [0.1, 0.15) is 23.1 Å². The summed E-state index contributed by atoms with van der Waals surface area (Å²) in [4.78, 5) is 0. The second-order valence-electron chi connectivity index (χ2n) is 3.52. The first kappa shape index (κ1) is 11.5. The topological polar surface area (TPSA) is 46.2 Å². The molecule has 0 bridgehead atoms. The number of phenolic OH excluding ortho intramolecular Hbond substituents is 1. The van der Waals surface area contributed by atoms with Crippen LogP contribution in [-0.4, -0.2) is 11.7 Å². The van der Waals surface area contributed by atoms with E-state index in [0.29, 0.717) is 12.3 Å². The highest BCUT2D eigenvalue weighted by atomic mass is 79.9. The van der Waals surface area contributed by atoms with Crippen molar-refractivity contribution in [1.29, 1.82) is 0 Å². The van der Waals surface area contributed by atoms with Crippen LogP contribution in [0.4, 0.5) is 0 Å². The van der Waals surface area contributed by atoms with E-state index < -0.39 is 0 Å². The molecule has 0 aliphatic heterocycles. The first-order chi connectivity index (χ1) is 6.57. The van der Waals surface area contributed by atoms with Gasteiger partial charge in [-0.15, -0.1) is 0 Å². The molecule has 3 N–H and O–H groups in total. The van der Waals surface area contributed by atoms with E-state index >= 15 is 0 Å². The van der Waals surface area contributed by atoms with Crippen molar-refractivity contribution >= 4 is 15.9 Å². The zero-order chi connectivity index (χ0) is 10.7. The molecule has 78 valence electrons. The molecule has 0 aliphatic rings. The molecule has 0 spiro atoms. The fourth-order valence-electron chi connectivity index (χ4n) is 1.64.